The first kappa shape index (κ1) is 19.2. The number of hydrogen-bond acceptors (Lipinski definition) is 4. The molecule has 2 aromatic carbocycles. The number of carbonyl (C=O) groups excluding carboxylic acids is 1. The summed E-state index contributed by atoms with van der Waals surface area (Å²) in [6, 6.07) is 9.96. The molecule has 6 nitrogen and oxygen atoms in total. The number of anilines is 1. The summed E-state index contributed by atoms with van der Waals surface area (Å²) in [6.45, 7) is 5.46. The normalized spacial score (nSPS) is 19.7. The van der Waals surface area contributed by atoms with E-state index in [9.17, 15) is 13.2 Å². The summed E-state index contributed by atoms with van der Waals surface area (Å²) in [5.74, 6) is -0.257. The van der Waals surface area contributed by atoms with Crippen molar-refractivity contribution in [3.05, 3.63) is 36.4 Å². The van der Waals surface area contributed by atoms with E-state index in [1.54, 1.807) is 25.1 Å². The summed E-state index contributed by atoms with van der Waals surface area (Å²) in [5.41, 5.74) is 0.587. The summed E-state index contributed by atoms with van der Waals surface area (Å²) < 4.78 is 27.4. The Balaban J connectivity index is 1.44. The Morgan fingerprint density at radius 2 is 1.82 bits per heavy atom. The molecule has 28 heavy (non-hydrogen) atoms. The van der Waals surface area contributed by atoms with Crippen LogP contribution in [-0.2, 0) is 14.8 Å². The second-order valence-corrected chi connectivity index (χ2v) is 9.44. The van der Waals surface area contributed by atoms with E-state index in [0.717, 1.165) is 31.4 Å². The molecule has 150 valence electrons. The average Bonchev–Trinajstić information content (AvgIpc) is 2.94. The summed E-state index contributed by atoms with van der Waals surface area (Å²) in [4.78, 5) is 15.4. The number of piperidine rings is 1. The van der Waals surface area contributed by atoms with Crippen molar-refractivity contribution in [2.24, 2.45) is 0 Å². The lowest BCUT2D eigenvalue weighted by Crippen LogP contribution is -2.47. The van der Waals surface area contributed by atoms with Crippen LogP contribution in [-0.4, -0.2) is 51.4 Å². The number of nitrogens with zero attached hydrogens (tertiary/aromatic N) is 2. The lowest BCUT2D eigenvalue weighted by atomic mass is 10.1. The quantitative estimate of drug-likeness (QED) is 0.756. The third kappa shape index (κ3) is 3.37. The summed E-state index contributed by atoms with van der Waals surface area (Å²) in [6.07, 6.45) is 4.69. The molecule has 2 heterocycles. The van der Waals surface area contributed by atoms with Crippen LogP contribution in [0.3, 0.4) is 0 Å². The molecule has 2 aliphatic rings. The molecule has 0 bridgehead atoms. The Kier molecular flexibility index (Phi) is 5.29. The number of likely N-dealkylation sites (tertiary alicyclic amines) is 1. The number of sulfonamides is 1. The van der Waals surface area contributed by atoms with Gasteiger partial charge in [0.25, 0.3) is 10.0 Å². The second-order valence-electron chi connectivity index (χ2n) is 7.66. The molecule has 1 saturated heterocycles. The number of carbonyl (C=O) groups is 1. The van der Waals surface area contributed by atoms with Crippen molar-refractivity contribution in [2.45, 2.75) is 43.5 Å². The molecule has 4 rings (SSSR count). The van der Waals surface area contributed by atoms with Crippen molar-refractivity contribution in [3.8, 4) is 0 Å². The highest BCUT2D eigenvalue weighted by Crippen LogP contribution is 2.43. The first-order chi connectivity index (χ1) is 13.5. The van der Waals surface area contributed by atoms with E-state index < -0.39 is 16.1 Å². The van der Waals surface area contributed by atoms with Crippen LogP contribution < -0.4 is 9.62 Å². The van der Waals surface area contributed by atoms with Crippen molar-refractivity contribution in [1.29, 1.82) is 0 Å². The molecular formula is C21H27N3O3S. The zero-order chi connectivity index (χ0) is 19.7. The molecule has 7 heteroatoms. The van der Waals surface area contributed by atoms with E-state index >= 15 is 0 Å². The first-order valence-corrected chi connectivity index (χ1v) is 11.5. The molecule has 2 aromatic rings. The van der Waals surface area contributed by atoms with Crippen LogP contribution >= 0.6 is 0 Å². The zero-order valence-electron chi connectivity index (χ0n) is 16.2. The fraction of sp³-hybridized carbons (Fsp3) is 0.476. The van der Waals surface area contributed by atoms with Gasteiger partial charge in [-0.15, -0.1) is 0 Å². The smallest absolute Gasteiger partial charge is 0.265 e. The predicted octanol–water partition coefficient (Wildman–Crippen LogP) is 2.73. The maximum absolute atomic E-state index is 13.1. The molecule has 0 radical (unpaired) electrons. The minimum absolute atomic E-state index is 0.257. The summed E-state index contributed by atoms with van der Waals surface area (Å²) in [7, 11) is -3.73. The van der Waals surface area contributed by atoms with Crippen molar-refractivity contribution in [2.75, 3.05) is 30.5 Å². The van der Waals surface area contributed by atoms with Gasteiger partial charge in [0, 0.05) is 11.9 Å². The SMILES string of the molecule is CC(C(=O)NCCCN1CCCCC1)N1c2cccc3cccc(c23)S1(=O)=O. The van der Waals surface area contributed by atoms with Gasteiger partial charge in [0.05, 0.1) is 10.6 Å². The highest BCUT2D eigenvalue weighted by atomic mass is 32.2. The van der Waals surface area contributed by atoms with Gasteiger partial charge in [-0.1, -0.05) is 30.7 Å². The molecule has 1 N–H and O–H groups in total. The van der Waals surface area contributed by atoms with Gasteiger partial charge < -0.3 is 10.2 Å². The monoisotopic (exact) mass is 401 g/mol. The van der Waals surface area contributed by atoms with E-state index in [4.69, 9.17) is 0 Å². The van der Waals surface area contributed by atoms with Gasteiger partial charge >= 0.3 is 0 Å². The lowest BCUT2D eigenvalue weighted by molar-refractivity contribution is -0.121. The Bertz CT molecular complexity index is 978. The van der Waals surface area contributed by atoms with Gasteiger partial charge in [-0.3, -0.25) is 9.10 Å². The van der Waals surface area contributed by atoms with Gasteiger partial charge in [-0.25, -0.2) is 8.42 Å². The second kappa shape index (κ2) is 7.72. The zero-order valence-corrected chi connectivity index (χ0v) is 17.0. The van der Waals surface area contributed by atoms with Crippen LogP contribution in [0.2, 0.25) is 0 Å². The molecular weight excluding hydrogens is 374 g/mol. The minimum Gasteiger partial charge on any atom is -0.354 e. The third-order valence-electron chi connectivity index (χ3n) is 5.75. The molecule has 1 atom stereocenters. The van der Waals surface area contributed by atoms with E-state index in [1.165, 1.54) is 23.6 Å². The fourth-order valence-corrected chi connectivity index (χ4v) is 6.16. The maximum Gasteiger partial charge on any atom is 0.265 e. The van der Waals surface area contributed by atoms with Gasteiger partial charge in [0.1, 0.15) is 6.04 Å². The topological polar surface area (TPSA) is 69.7 Å². The molecule has 1 fully saturated rings. The van der Waals surface area contributed by atoms with Crippen molar-refractivity contribution in [1.82, 2.24) is 10.2 Å². The van der Waals surface area contributed by atoms with E-state index in [0.29, 0.717) is 17.6 Å². The third-order valence-corrected chi connectivity index (χ3v) is 7.68. The van der Waals surface area contributed by atoms with E-state index in [1.807, 2.05) is 18.2 Å². The average molecular weight is 402 g/mol. The first-order valence-electron chi connectivity index (χ1n) is 10.1. The fourth-order valence-electron chi connectivity index (χ4n) is 4.29. The van der Waals surface area contributed by atoms with Crippen LogP contribution in [0.1, 0.15) is 32.6 Å². The Labute approximate surface area is 166 Å². The highest BCUT2D eigenvalue weighted by Gasteiger charge is 2.40. The van der Waals surface area contributed by atoms with Crippen molar-refractivity contribution in [3.63, 3.8) is 0 Å². The molecule has 0 aromatic heterocycles. The largest absolute Gasteiger partial charge is 0.354 e. The molecule has 1 unspecified atom stereocenters. The molecule has 0 aliphatic carbocycles. The Morgan fingerprint density at radius 3 is 2.57 bits per heavy atom. The Morgan fingerprint density at radius 1 is 1.11 bits per heavy atom. The number of benzene rings is 2. The molecule has 0 spiro atoms. The molecule has 0 saturated carbocycles. The van der Waals surface area contributed by atoms with E-state index in [-0.39, 0.29) is 10.8 Å². The van der Waals surface area contributed by atoms with Gasteiger partial charge in [-0.05, 0) is 63.3 Å². The Hall–Kier alpha value is -2.12. The van der Waals surface area contributed by atoms with Crippen LogP contribution in [0.15, 0.2) is 41.3 Å². The summed E-state index contributed by atoms with van der Waals surface area (Å²) in [5, 5.41) is 4.50. The molecule has 2 aliphatic heterocycles. The van der Waals surface area contributed by atoms with Gasteiger partial charge in [-0.2, -0.15) is 0 Å². The number of hydrogen-bond donors (Lipinski definition) is 1. The van der Waals surface area contributed by atoms with Gasteiger partial charge in [0.2, 0.25) is 5.91 Å². The maximum atomic E-state index is 13.1. The van der Waals surface area contributed by atoms with E-state index in [2.05, 4.69) is 10.2 Å². The number of amides is 1. The molecule has 1 amide bonds. The van der Waals surface area contributed by atoms with Crippen LogP contribution in [0.5, 0.6) is 0 Å². The number of nitrogens with one attached hydrogen (secondary N) is 1. The van der Waals surface area contributed by atoms with Crippen molar-refractivity contribution >= 4 is 32.4 Å². The van der Waals surface area contributed by atoms with Crippen LogP contribution in [0.4, 0.5) is 5.69 Å². The highest BCUT2D eigenvalue weighted by molar-refractivity contribution is 7.93. The lowest BCUT2D eigenvalue weighted by Gasteiger charge is -2.27. The number of rotatable bonds is 6. The minimum atomic E-state index is -3.73. The van der Waals surface area contributed by atoms with Gasteiger partial charge in [0.15, 0.2) is 0 Å². The van der Waals surface area contributed by atoms with Crippen LogP contribution in [0, 0.1) is 0 Å². The standard InChI is InChI=1S/C21H27N3O3S/c1-16(21(25)22-12-7-15-23-13-3-2-4-14-23)24-18-10-5-8-17-9-6-11-19(20(17)18)28(24,26)27/h5-6,8-11,16H,2-4,7,12-15H2,1H3,(H,22,25). The predicted molar refractivity (Wildman–Crippen MR) is 111 cm³/mol. The summed E-state index contributed by atoms with van der Waals surface area (Å²) >= 11 is 0. The van der Waals surface area contributed by atoms with Crippen molar-refractivity contribution < 1.29 is 13.2 Å². The van der Waals surface area contributed by atoms with Crippen LogP contribution in [0.25, 0.3) is 10.8 Å².